The highest BCUT2D eigenvalue weighted by Crippen LogP contribution is 2.26. The van der Waals surface area contributed by atoms with Gasteiger partial charge in [0, 0.05) is 5.56 Å². The van der Waals surface area contributed by atoms with Crippen molar-refractivity contribution in [2.24, 2.45) is 0 Å². The minimum Gasteiger partial charge on any atom is -0.293 e. The molecule has 1 atom stereocenters. The van der Waals surface area contributed by atoms with Crippen LogP contribution in [0.25, 0.3) is 5.69 Å². The molecule has 0 radical (unpaired) electrons. The zero-order valence-corrected chi connectivity index (χ0v) is 17.1. The third-order valence-corrected chi connectivity index (χ3v) is 5.72. The summed E-state index contributed by atoms with van der Waals surface area (Å²) in [6, 6.07) is 14.0. The molecule has 3 rings (SSSR count). The first-order valence-corrected chi connectivity index (χ1v) is 9.91. The summed E-state index contributed by atoms with van der Waals surface area (Å²) in [7, 11) is 0. The van der Waals surface area contributed by atoms with Gasteiger partial charge < -0.3 is 0 Å². The molecule has 0 aliphatic heterocycles. The number of aryl methyl sites for hydroxylation is 2. The summed E-state index contributed by atoms with van der Waals surface area (Å²) in [5, 5.41) is 12.3. The second kappa shape index (κ2) is 8.05. The lowest BCUT2D eigenvalue weighted by atomic mass is 10.0. The first kappa shape index (κ1) is 19.3. The van der Waals surface area contributed by atoms with Crippen LogP contribution in [-0.4, -0.2) is 31.2 Å². The predicted octanol–water partition coefficient (Wildman–Crippen LogP) is 4.77. The molecular weight excluding hydrogens is 356 g/mol. The van der Waals surface area contributed by atoms with Crippen LogP contribution in [0.15, 0.2) is 47.6 Å². The van der Waals surface area contributed by atoms with E-state index in [1.165, 1.54) is 22.9 Å². The third-order valence-electron chi connectivity index (χ3n) is 4.69. The molecule has 3 aromatic rings. The van der Waals surface area contributed by atoms with Gasteiger partial charge in [0.05, 0.1) is 10.9 Å². The molecule has 6 heteroatoms. The average Bonchev–Trinajstić information content (AvgIpc) is 3.11. The van der Waals surface area contributed by atoms with E-state index < -0.39 is 0 Å². The largest absolute Gasteiger partial charge is 0.293 e. The lowest BCUT2D eigenvalue weighted by Crippen LogP contribution is -2.15. The Morgan fingerprint density at radius 1 is 1.00 bits per heavy atom. The SMILES string of the molecule is Cc1ccc(C(=O)[C@@H](C)Sc2nnnn2-c2ccc(C(C)C)cc2)cc1C. The van der Waals surface area contributed by atoms with Crippen molar-refractivity contribution in [2.45, 2.75) is 50.9 Å². The van der Waals surface area contributed by atoms with Crippen molar-refractivity contribution >= 4 is 17.5 Å². The van der Waals surface area contributed by atoms with Crippen LogP contribution in [0.5, 0.6) is 0 Å². The molecule has 0 unspecified atom stereocenters. The van der Waals surface area contributed by atoms with Gasteiger partial charge in [0.1, 0.15) is 0 Å². The number of carbonyl (C=O) groups is 1. The molecule has 2 aromatic carbocycles. The summed E-state index contributed by atoms with van der Waals surface area (Å²) in [5.41, 5.74) is 5.17. The molecule has 0 N–H and O–H groups in total. The Morgan fingerprint density at radius 3 is 2.33 bits per heavy atom. The molecule has 0 spiro atoms. The first-order valence-electron chi connectivity index (χ1n) is 9.03. The lowest BCUT2D eigenvalue weighted by Gasteiger charge is -2.12. The van der Waals surface area contributed by atoms with Gasteiger partial charge in [-0.2, -0.15) is 4.68 Å². The lowest BCUT2D eigenvalue weighted by molar-refractivity contribution is 0.0993. The Labute approximate surface area is 164 Å². The third kappa shape index (κ3) is 4.27. The molecule has 0 bridgehead atoms. The summed E-state index contributed by atoms with van der Waals surface area (Å²) < 4.78 is 1.68. The van der Waals surface area contributed by atoms with E-state index in [1.54, 1.807) is 4.68 Å². The van der Waals surface area contributed by atoms with Crippen molar-refractivity contribution in [1.82, 2.24) is 20.2 Å². The number of aromatic nitrogens is 4. The van der Waals surface area contributed by atoms with E-state index >= 15 is 0 Å². The Bertz CT molecular complexity index is 947. The van der Waals surface area contributed by atoms with Gasteiger partial charge in [-0.15, -0.1) is 5.10 Å². The normalized spacial score (nSPS) is 12.4. The van der Waals surface area contributed by atoms with Gasteiger partial charge in [0.2, 0.25) is 5.16 Å². The van der Waals surface area contributed by atoms with E-state index in [0.29, 0.717) is 11.1 Å². The molecule has 0 amide bonds. The van der Waals surface area contributed by atoms with Gasteiger partial charge in [-0.25, -0.2) is 0 Å². The highest BCUT2D eigenvalue weighted by atomic mass is 32.2. The van der Waals surface area contributed by atoms with Crippen molar-refractivity contribution in [1.29, 1.82) is 0 Å². The fraction of sp³-hybridized carbons (Fsp3) is 0.333. The van der Waals surface area contributed by atoms with Gasteiger partial charge in [0.15, 0.2) is 5.78 Å². The highest BCUT2D eigenvalue weighted by Gasteiger charge is 2.21. The Morgan fingerprint density at radius 2 is 1.70 bits per heavy atom. The Balaban J connectivity index is 1.79. The molecule has 5 nitrogen and oxygen atoms in total. The topological polar surface area (TPSA) is 60.7 Å². The number of benzene rings is 2. The van der Waals surface area contributed by atoms with Crippen molar-refractivity contribution < 1.29 is 4.79 Å². The minimum atomic E-state index is -0.285. The van der Waals surface area contributed by atoms with Crippen molar-refractivity contribution in [3.05, 3.63) is 64.7 Å². The van der Waals surface area contributed by atoms with Gasteiger partial charge in [-0.3, -0.25) is 4.79 Å². The van der Waals surface area contributed by atoms with E-state index in [0.717, 1.165) is 16.8 Å². The summed E-state index contributed by atoms with van der Waals surface area (Å²) in [5.74, 6) is 0.546. The fourth-order valence-electron chi connectivity index (χ4n) is 2.76. The number of carbonyl (C=O) groups excluding carboxylic acids is 1. The summed E-state index contributed by atoms with van der Waals surface area (Å²) in [4.78, 5) is 12.8. The maximum atomic E-state index is 12.8. The smallest absolute Gasteiger partial charge is 0.214 e. The van der Waals surface area contributed by atoms with E-state index in [1.807, 2.05) is 51.1 Å². The second-order valence-corrected chi connectivity index (χ2v) is 8.35. The van der Waals surface area contributed by atoms with Gasteiger partial charge >= 0.3 is 0 Å². The van der Waals surface area contributed by atoms with Gasteiger partial charge in [-0.05, 0) is 72.0 Å². The van der Waals surface area contributed by atoms with Gasteiger partial charge in [0.25, 0.3) is 0 Å². The van der Waals surface area contributed by atoms with Crippen LogP contribution in [-0.2, 0) is 0 Å². The quantitative estimate of drug-likeness (QED) is 0.455. The fourth-order valence-corrected chi connectivity index (χ4v) is 3.64. The molecule has 27 heavy (non-hydrogen) atoms. The van der Waals surface area contributed by atoms with Crippen molar-refractivity contribution in [3.63, 3.8) is 0 Å². The molecular formula is C21H24N4OS. The number of tetrazole rings is 1. The number of thioether (sulfide) groups is 1. The molecule has 0 fully saturated rings. The second-order valence-electron chi connectivity index (χ2n) is 7.04. The number of nitrogens with zero attached hydrogens (tertiary/aromatic N) is 4. The van der Waals surface area contributed by atoms with Crippen LogP contribution in [0.1, 0.15) is 53.7 Å². The first-order chi connectivity index (χ1) is 12.9. The van der Waals surface area contributed by atoms with Crippen molar-refractivity contribution in [3.8, 4) is 5.69 Å². The monoisotopic (exact) mass is 380 g/mol. The van der Waals surface area contributed by atoms with Crippen molar-refractivity contribution in [2.75, 3.05) is 0 Å². The molecule has 1 aromatic heterocycles. The summed E-state index contributed by atoms with van der Waals surface area (Å²) >= 11 is 1.37. The van der Waals surface area contributed by atoms with E-state index in [2.05, 4.69) is 41.5 Å². The predicted molar refractivity (Wildman–Crippen MR) is 109 cm³/mol. The van der Waals surface area contributed by atoms with E-state index in [4.69, 9.17) is 0 Å². The molecule has 0 aliphatic rings. The Kier molecular flexibility index (Phi) is 5.75. The van der Waals surface area contributed by atoms with Crippen LogP contribution in [0.2, 0.25) is 0 Å². The molecule has 0 saturated carbocycles. The number of rotatable bonds is 6. The minimum absolute atomic E-state index is 0.0767. The van der Waals surface area contributed by atoms with Gasteiger partial charge in [-0.1, -0.05) is 49.9 Å². The van der Waals surface area contributed by atoms with Crippen LogP contribution >= 0.6 is 11.8 Å². The molecule has 0 aliphatic carbocycles. The number of hydrogen-bond donors (Lipinski definition) is 0. The van der Waals surface area contributed by atoms with Crippen LogP contribution in [0, 0.1) is 13.8 Å². The Hall–Kier alpha value is -2.47. The summed E-state index contributed by atoms with van der Waals surface area (Å²) in [6.07, 6.45) is 0. The maximum Gasteiger partial charge on any atom is 0.214 e. The van der Waals surface area contributed by atoms with Crippen LogP contribution in [0.3, 0.4) is 0 Å². The van der Waals surface area contributed by atoms with Crippen LogP contribution < -0.4 is 0 Å². The highest BCUT2D eigenvalue weighted by molar-refractivity contribution is 8.00. The van der Waals surface area contributed by atoms with E-state index in [-0.39, 0.29) is 11.0 Å². The molecule has 140 valence electrons. The standard InChI is InChI=1S/C21H24N4OS/c1-13(2)17-8-10-19(11-9-17)25-21(22-23-24-25)27-16(5)20(26)18-7-6-14(3)15(4)12-18/h6-13,16H,1-5H3/t16-/m1/s1. The number of hydrogen-bond acceptors (Lipinski definition) is 5. The van der Waals surface area contributed by atoms with Crippen LogP contribution in [0.4, 0.5) is 0 Å². The maximum absolute atomic E-state index is 12.8. The summed E-state index contributed by atoms with van der Waals surface area (Å²) in [6.45, 7) is 10.3. The zero-order valence-electron chi connectivity index (χ0n) is 16.3. The number of ketones is 1. The molecule has 1 heterocycles. The number of Topliss-reactive ketones (excluding diaryl/α,β-unsaturated/α-hetero) is 1. The average molecular weight is 381 g/mol. The van der Waals surface area contributed by atoms with E-state index in [9.17, 15) is 4.79 Å². The zero-order chi connectivity index (χ0) is 19.6. The molecule has 0 saturated heterocycles.